The van der Waals surface area contributed by atoms with E-state index < -0.39 is 12.2 Å². The summed E-state index contributed by atoms with van der Waals surface area (Å²) in [6, 6.07) is -0.0188. The summed E-state index contributed by atoms with van der Waals surface area (Å²) in [6.07, 6.45) is 2.05. The summed E-state index contributed by atoms with van der Waals surface area (Å²) in [4.78, 5) is 8.19. The van der Waals surface area contributed by atoms with Gasteiger partial charge >= 0.3 is 6.18 Å². The molecule has 26 heavy (non-hydrogen) atoms. The van der Waals surface area contributed by atoms with E-state index >= 15 is 0 Å². The molecule has 8 nitrogen and oxygen atoms in total. The van der Waals surface area contributed by atoms with Gasteiger partial charge in [-0.2, -0.15) is 23.3 Å². The molecule has 0 saturated heterocycles. The summed E-state index contributed by atoms with van der Waals surface area (Å²) < 4.78 is 41.2. The highest BCUT2D eigenvalue weighted by atomic mass is 19.4. The van der Waals surface area contributed by atoms with Gasteiger partial charge in [0, 0.05) is 30.6 Å². The van der Waals surface area contributed by atoms with Crippen molar-refractivity contribution < 1.29 is 13.2 Å². The molecule has 3 aromatic rings. The Morgan fingerprint density at radius 1 is 1.27 bits per heavy atom. The first kappa shape index (κ1) is 16.4. The van der Waals surface area contributed by atoms with E-state index in [1.165, 1.54) is 4.52 Å². The zero-order valence-electron chi connectivity index (χ0n) is 13.7. The van der Waals surface area contributed by atoms with Gasteiger partial charge in [-0.05, 0) is 19.4 Å². The molecule has 0 amide bonds. The molecule has 0 fully saturated rings. The maximum absolute atomic E-state index is 12.7. The molecule has 4 rings (SSSR count). The number of aromatic nitrogens is 5. The number of imidazole rings is 1. The monoisotopic (exact) mass is 364 g/mol. The number of alkyl halides is 3. The number of nitrogens with one attached hydrogen (secondary N) is 1. The Hall–Kier alpha value is -3.11. The molecule has 3 N–H and O–H groups in total. The average Bonchev–Trinajstić information content (AvgIpc) is 3.19. The molecule has 4 heterocycles. The molecule has 1 aliphatic heterocycles. The van der Waals surface area contributed by atoms with Gasteiger partial charge in [0.15, 0.2) is 5.82 Å². The lowest BCUT2D eigenvalue weighted by molar-refractivity contribution is -0.138. The number of hydrogen-bond donors (Lipinski definition) is 2. The minimum atomic E-state index is -4.41. The number of halogens is 3. The van der Waals surface area contributed by atoms with Crippen LogP contribution in [-0.4, -0.2) is 42.2 Å². The molecule has 0 radical (unpaired) electrons. The van der Waals surface area contributed by atoms with Crippen molar-refractivity contribution in [3.8, 4) is 0 Å². The van der Waals surface area contributed by atoms with Crippen molar-refractivity contribution in [1.29, 1.82) is 0 Å². The lowest BCUT2D eigenvalue weighted by Crippen LogP contribution is -2.34. The standard InChI is InChI=1S/C15H15F3N8/c1-8(15(16,17)18)21-14-22-13(19)12-9(4-6-26(12)24-14)10-2-3-11-20-5-7-25(11)23-10/h4-8H,2-3H2,1H3,(H3,19,21,22,24)/t8-/m1/s1. The number of anilines is 2. The van der Waals surface area contributed by atoms with Gasteiger partial charge in [0.05, 0.1) is 5.71 Å². The molecule has 0 bridgehead atoms. The SMILES string of the molecule is C[C@@H](Nc1nc(N)c2c(C3=Nn4ccnc4CC3)ccn2n1)C(F)(F)F. The van der Waals surface area contributed by atoms with Gasteiger partial charge in [0.1, 0.15) is 17.4 Å². The van der Waals surface area contributed by atoms with Gasteiger partial charge in [-0.25, -0.2) is 14.2 Å². The largest absolute Gasteiger partial charge is 0.408 e. The molecular weight excluding hydrogens is 349 g/mol. The third kappa shape index (κ3) is 2.74. The van der Waals surface area contributed by atoms with Crippen LogP contribution >= 0.6 is 0 Å². The Labute approximate surface area is 145 Å². The van der Waals surface area contributed by atoms with Crippen molar-refractivity contribution in [3.05, 3.63) is 36.0 Å². The maximum Gasteiger partial charge on any atom is 0.408 e. The molecule has 0 saturated carbocycles. The number of aryl methyl sites for hydroxylation is 1. The molecule has 0 aliphatic carbocycles. The van der Waals surface area contributed by atoms with E-state index in [9.17, 15) is 13.2 Å². The Bertz CT molecular complexity index is 1000. The highest BCUT2D eigenvalue weighted by Crippen LogP contribution is 2.25. The van der Waals surface area contributed by atoms with E-state index in [-0.39, 0.29) is 11.8 Å². The van der Waals surface area contributed by atoms with Crippen molar-refractivity contribution in [2.45, 2.75) is 32.0 Å². The second-order valence-corrected chi connectivity index (χ2v) is 5.99. The quantitative estimate of drug-likeness (QED) is 0.741. The minimum Gasteiger partial charge on any atom is -0.382 e. The van der Waals surface area contributed by atoms with Crippen molar-refractivity contribution in [3.63, 3.8) is 0 Å². The number of nitrogens with zero attached hydrogens (tertiary/aromatic N) is 6. The van der Waals surface area contributed by atoms with Crippen LogP contribution in [0.5, 0.6) is 0 Å². The van der Waals surface area contributed by atoms with Gasteiger partial charge in [-0.1, -0.05) is 0 Å². The van der Waals surface area contributed by atoms with Crippen LogP contribution in [0.1, 0.15) is 24.7 Å². The fourth-order valence-electron chi connectivity index (χ4n) is 2.82. The summed E-state index contributed by atoms with van der Waals surface area (Å²) in [7, 11) is 0. The van der Waals surface area contributed by atoms with Crippen LogP contribution in [-0.2, 0) is 6.42 Å². The number of rotatable bonds is 3. The fraction of sp³-hybridized carbons (Fsp3) is 0.333. The van der Waals surface area contributed by atoms with Crippen LogP contribution in [0.2, 0.25) is 0 Å². The second kappa shape index (κ2) is 5.71. The van der Waals surface area contributed by atoms with E-state index in [0.717, 1.165) is 30.4 Å². The van der Waals surface area contributed by atoms with Gasteiger partial charge in [0.25, 0.3) is 0 Å². The predicted octanol–water partition coefficient (Wildman–Crippen LogP) is 2.07. The molecule has 0 aromatic carbocycles. The minimum absolute atomic E-state index is 0.0796. The molecular formula is C15H15F3N8. The second-order valence-electron chi connectivity index (χ2n) is 5.99. The van der Waals surface area contributed by atoms with Crippen molar-refractivity contribution in [1.82, 2.24) is 24.3 Å². The van der Waals surface area contributed by atoms with Crippen LogP contribution in [0.3, 0.4) is 0 Å². The zero-order valence-corrected chi connectivity index (χ0v) is 13.7. The number of nitrogens with two attached hydrogens (primary N) is 1. The molecule has 0 unspecified atom stereocenters. The molecule has 1 atom stereocenters. The fourth-order valence-corrected chi connectivity index (χ4v) is 2.82. The van der Waals surface area contributed by atoms with E-state index in [1.807, 2.05) is 0 Å². The van der Waals surface area contributed by atoms with Crippen LogP contribution in [0.15, 0.2) is 29.8 Å². The first-order chi connectivity index (χ1) is 12.3. The lowest BCUT2D eigenvalue weighted by atomic mass is 10.1. The van der Waals surface area contributed by atoms with E-state index in [2.05, 4.69) is 25.5 Å². The van der Waals surface area contributed by atoms with E-state index in [0.29, 0.717) is 11.9 Å². The van der Waals surface area contributed by atoms with Crippen LogP contribution in [0.4, 0.5) is 24.9 Å². The Balaban J connectivity index is 1.72. The third-order valence-electron chi connectivity index (χ3n) is 4.20. The van der Waals surface area contributed by atoms with Gasteiger partial charge < -0.3 is 11.1 Å². The van der Waals surface area contributed by atoms with E-state index in [4.69, 9.17) is 5.73 Å². The highest BCUT2D eigenvalue weighted by Gasteiger charge is 2.36. The zero-order chi connectivity index (χ0) is 18.5. The summed E-state index contributed by atoms with van der Waals surface area (Å²) in [6.45, 7) is 0.990. The summed E-state index contributed by atoms with van der Waals surface area (Å²) in [5.74, 6) is 0.759. The van der Waals surface area contributed by atoms with Crippen molar-refractivity contribution in [2.75, 3.05) is 11.1 Å². The smallest absolute Gasteiger partial charge is 0.382 e. The van der Waals surface area contributed by atoms with Gasteiger partial charge in [0.2, 0.25) is 5.95 Å². The summed E-state index contributed by atoms with van der Waals surface area (Å²) >= 11 is 0. The molecule has 0 spiro atoms. The van der Waals surface area contributed by atoms with Gasteiger partial charge in [-0.15, -0.1) is 5.10 Å². The lowest BCUT2D eigenvalue weighted by Gasteiger charge is -2.17. The molecule has 11 heteroatoms. The van der Waals surface area contributed by atoms with Crippen molar-refractivity contribution >= 4 is 23.0 Å². The van der Waals surface area contributed by atoms with E-state index in [1.54, 1.807) is 29.3 Å². The molecule has 3 aromatic heterocycles. The first-order valence-corrected chi connectivity index (χ1v) is 7.91. The average molecular weight is 364 g/mol. The van der Waals surface area contributed by atoms with Gasteiger partial charge in [-0.3, -0.25) is 0 Å². The van der Waals surface area contributed by atoms with Crippen LogP contribution in [0.25, 0.3) is 5.52 Å². The van der Waals surface area contributed by atoms with Crippen molar-refractivity contribution in [2.24, 2.45) is 5.10 Å². The Morgan fingerprint density at radius 2 is 2.08 bits per heavy atom. The topological polar surface area (TPSA) is 98.4 Å². The van der Waals surface area contributed by atoms with Crippen LogP contribution in [0, 0.1) is 0 Å². The first-order valence-electron chi connectivity index (χ1n) is 7.91. The highest BCUT2D eigenvalue weighted by molar-refractivity contribution is 6.08. The number of fused-ring (bicyclic) bond motifs is 2. The van der Waals surface area contributed by atoms with Crippen LogP contribution < -0.4 is 11.1 Å². The Morgan fingerprint density at radius 3 is 2.85 bits per heavy atom. The molecule has 136 valence electrons. The number of nitrogen functional groups attached to an aromatic ring is 1. The molecule has 1 aliphatic rings. The third-order valence-corrected chi connectivity index (χ3v) is 4.20. The maximum atomic E-state index is 12.7. The summed E-state index contributed by atoms with van der Waals surface area (Å²) in [5, 5.41) is 10.8. The normalized spacial score (nSPS) is 15.6. The Kier molecular flexibility index (Phi) is 3.60. The summed E-state index contributed by atoms with van der Waals surface area (Å²) in [5.41, 5.74) is 8.05. The predicted molar refractivity (Wildman–Crippen MR) is 89.0 cm³/mol. The number of hydrogen-bond acceptors (Lipinski definition) is 6.